The van der Waals surface area contributed by atoms with Crippen LogP contribution in [-0.4, -0.2) is 44.3 Å². The molecule has 1 aliphatic heterocycles. The largest absolute Gasteiger partial charge is 0.333 e. The predicted octanol–water partition coefficient (Wildman–Crippen LogP) is 0.173. The molecule has 0 spiro atoms. The number of likely N-dealkylation sites (N-methyl/N-ethyl adjacent to an activating group) is 1. The van der Waals surface area contributed by atoms with Gasteiger partial charge < -0.3 is 10.2 Å². The van der Waals surface area contributed by atoms with Gasteiger partial charge in [-0.15, -0.1) is 11.3 Å². The van der Waals surface area contributed by atoms with Crippen molar-refractivity contribution in [3.63, 3.8) is 0 Å². The van der Waals surface area contributed by atoms with Gasteiger partial charge >= 0.3 is 0 Å². The molecule has 0 aliphatic carbocycles. The average molecular weight is 290 g/mol. The molecule has 1 N–H and O–H groups in total. The second-order valence-electron chi connectivity index (χ2n) is 4.45. The molecule has 1 atom stereocenters. The van der Waals surface area contributed by atoms with Crippen molar-refractivity contribution in [2.75, 3.05) is 13.6 Å². The average Bonchev–Trinajstić information content (AvgIpc) is 2.89. The molecule has 20 heavy (non-hydrogen) atoms. The smallest absolute Gasteiger partial charge is 0.245 e. The van der Waals surface area contributed by atoms with E-state index in [1.165, 1.54) is 24.0 Å². The van der Waals surface area contributed by atoms with E-state index in [9.17, 15) is 4.79 Å². The number of fused-ring (bicyclic) bond motifs is 1. The first-order chi connectivity index (χ1) is 9.79. The normalized spacial score (nSPS) is 18.8. The van der Waals surface area contributed by atoms with Crippen LogP contribution in [0.4, 0.5) is 0 Å². The molecule has 0 radical (unpaired) electrons. The molecule has 2 aromatic heterocycles. The van der Waals surface area contributed by atoms with Gasteiger partial charge in [-0.25, -0.2) is 19.9 Å². The monoisotopic (exact) mass is 290 g/mol. The second kappa shape index (κ2) is 5.59. The van der Waals surface area contributed by atoms with Crippen molar-refractivity contribution in [1.29, 1.82) is 0 Å². The van der Waals surface area contributed by atoms with Gasteiger partial charge in [0.05, 0.1) is 22.6 Å². The summed E-state index contributed by atoms with van der Waals surface area (Å²) >= 11 is 1.52. The lowest BCUT2D eigenvalue weighted by atomic mass is 10.2. The van der Waals surface area contributed by atoms with E-state index in [1.807, 2.05) is 0 Å². The number of carbonyl (C=O) groups excluding carboxylic acids is 1. The Kier molecular flexibility index (Phi) is 3.66. The number of carbonyl (C=O) groups is 1. The lowest BCUT2D eigenvalue weighted by Gasteiger charge is -2.23. The number of hydrogen-bond acceptors (Lipinski definition) is 7. The first-order valence-corrected chi connectivity index (χ1v) is 7.16. The van der Waals surface area contributed by atoms with E-state index in [0.717, 1.165) is 17.0 Å². The van der Waals surface area contributed by atoms with Crippen LogP contribution < -0.4 is 5.32 Å². The minimum Gasteiger partial charge on any atom is -0.333 e. The Morgan fingerprint density at radius 1 is 1.40 bits per heavy atom. The molecule has 8 heteroatoms. The van der Waals surface area contributed by atoms with Gasteiger partial charge in [-0.1, -0.05) is 0 Å². The van der Waals surface area contributed by atoms with Crippen LogP contribution in [-0.2, 0) is 17.8 Å². The zero-order valence-electron chi connectivity index (χ0n) is 11.0. The molecule has 2 aromatic rings. The summed E-state index contributed by atoms with van der Waals surface area (Å²) in [5, 5.41) is 3.08. The zero-order chi connectivity index (χ0) is 13.9. The first-order valence-electron chi connectivity index (χ1n) is 6.28. The zero-order valence-corrected chi connectivity index (χ0v) is 11.8. The highest BCUT2D eigenvalue weighted by Crippen LogP contribution is 2.27. The van der Waals surface area contributed by atoms with E-state index in [2.05, 4.69) is 25.3 Å². The number of hydrogen-bond donors (Lipinski definition) is 1. The predicted molar refractivity (Wildman–Crippen MR) is 72.9 cm³/mol. The van der Waals surface area contributed by atoms with Crippen molar-refractivity contribution in [2.45, 2.75) is 19.0 Å². The van der Waals surface area contributed by atoms with Crippen molar-refractivity contribution in [3.8, 4) is 0 Å². The van der Waals surface area contributed by atoms with Crippen LogP contribution in [0.1, 0.15) is 22.4 Å². The quantitative estimate of drug-likeness (QED) is 0.868. The Balaban J connectivity index is 1.84. The number of nitrogens with zero attached hydrogens (tertiary/aromatic N) is 5. The number of rotatable bonds is 3. The van der Waals surface area contributed by atoms with E-state index in [0.29, 0.717) is 18.9 Å². The van der Waals surface area contributed by atoms with E-state index in [-0.39, 0.29) is 11.9 Å². The standard InChI is InChI=1S/C12H14N6OS/c1-13-10-11-8(17-7-20-11)2-3-18(12(10)19)4-9-15-5-14-6-16-9/h5-7,10,13H,2-4H2,1H3. The van der Waals surface area contributed by atoms with Crippen LogP contribution >= 0.6 is 11.3 Å². The number of aromatic nitrogens is 4. The number of amides is 1. The van der Waals surface area contributed by atoms with Crippen molar-refractivity contribution in [3.05, 3.63) is 34.6 Å². The highest BCUT2D eigenvalue weighted by Gasteiger charge is 2.31. The van der Waals surface area contributed by atoms with E-state index in [1.54, 1.807) is 17.5 Å². The highest BCUT2D eigenvalue weighted by molar-refractivity contribution is 7.10. The number of nitrogens with one attached hydrogen (secondary N) is 1. The molecule has 0 fully saturated rings. The summed E-state index contributed by atoms with van der Waals surface area (Å²) in [4.78, 5) is 31.7. The van der Waals surface area contributed by atoms with Gasteiger partial charge in [0.15, 0.2) is 5.82 Å². The maximum absolute atomic E-state index is 12.6. The Bertz CT molecular complexity index is 601. The Labute approximate surface area is 120 Å². The molecule has 3 heterocycles. The molecule has 7 nitrogen and oxygen atoms in total. The fraction of sp³-hybridized carbons (Fsp3) is 0.417. The highest BCUT2D eigenvalue weighted by atomic mass is 32.1. The Morgan fingerprint density at radius 3 is 2.95 bits per heavy atom. The fourth-order valence-electron chi connectivity index (χ4n) is 2.27. The SMILES string of the molecule is CNC1C(=O)N(Cc2ncncn2)CCc2ncsc21. The summed E-state index contributed by atoms with van der Waals surface area (Å²) in [7, 11) is 1.79. The second-order valence-corrected chi connectivity index (χ2v) is 5.34. The summed E-state index contributed by atoms with van der Waals surface area (Å²) in [5.41, 5.74) is 2.80. The topological polar surface area (TPSA) is 83.9 Å². The number of thiazole rings is 1. The fourth-order valence-corrected chi connectivity index (χ4v) is 3.21. The van der Waals surface area contributed by atoms with Crippen molar-refractivity contribution < 1.29 is 4.79 Å². The van der Waals surface area contributed by atoms with Crippen LogP contribution in [0.2, 0.25) is 0 Å². The van der Waals surface area contributed by atoms with Crippen molar-refractivity contribution >= 4 is 17.2 Å². The van der Waals surface area contributed by atoms with Crippen LogP contribution in [0, 0.1) is 0 Å². The van der Waals surface area contributed by atoms with Gasteiger partial charge in [-0.3, -0.25) is 4.79 Å². The Morgan fingerprint density at radius 2 is 2.20 bits per heavy atom. The first kappa shape index (κ1) is 13.1. The summed E-state index contributed by atoms with van der Waals surface area (Å²) in [6.07, 6.45) is 3.64. The summed E-state index contributed by atoms with van der Waals surface area (Å²) in [6.45, 7) is 1.02. The third-order valence-electron chi connectivity index (χ3n) is 3.28. The van der Waals surface area contributed by atoms with Gasteiger partial charge in [0.2, 0.25) is 5.91 Å². The van der Waals surface area contributed by atoms with Gasteiger partial charge in [-0.2, -0.15) is 0 Å². The molecular formula is C12H14N6OS. The molecule has 1 amide bonds. The van der Waals surface area contributed by atoms with E-state index >= 15 is 0 Å². The molecule has 104 valence electrons. The molecule has 1 unspecified atom stereocenters. The minimum absolute atomic E-state index is 0.0379. The van der Waals surface area contributed by atoms with Gasteiger partial charge in [0.25, 0.3) is 0 Å². The van der Waals surface area contributed by atoms with Gasteiger partial charge in [0, 0.05) is 13.0 Å². The van der Waals surface area contributed by atoms with Crippen molar-refractivity contribution in [2.24, 2.45) is 0 Å². The molecule has 1 aliphatic rings. The van der Waals surface area contributed by atoms with Crippen molar-refractivity contribution in [1.82, 2.24) is 30.2 Å². The van der Waals surface area contributed by atoms with Crippen LogP contribution in [0.3, 0.4) is 0 Å². The lowest BCUT2D eigenvalue weighted by molar-refractivity contribution is -0.133. The van der Waals surface area contributed by atoms with E-state index in [4.69, 9.17) is 0 Å². The van der Waals surface area contributed by atoms with Crippen LogP contribution in [0.25, 0.3) is 0 Å². The molecule has 0 saturated carbocycles. The van der Waals surface area contributed by atoms with Crippen LogP contribution in [0.5, 0.6) is 0 Å². The maximum atomic E-state index is 12.6. The summed E-state index contributed by atoms with van der Waals surface area (Å²) in [6, 6.07) is -0.332. The lowest BCUT2D eigenvalue weighted by Crippen LogP contribution is -2.38. The molecular weight excluding hydrogens is 276 g/mol. The molecule has 3 rings (SSSR count). The minimum atomic E-state index is -0.332. The van der Waals surface area contributed by atoms with Crippen LogP contribution in [0.15, 0.2) is 18.2 Å². The maximum Gasteiger partial charge on any atom is 0.245 e. The van der Waals surface area contributed by atoms with E-state index < -0.39 is 0 Å². The molecule has 0 saturated heterocycles. The third-order valence-corrected chi connectivity index (χ3v) is 4.22. The van der Waals surface area contributed by atoms with Gasteiger partial charge in [0.1, 0.15) is 18.7 Å². The molecule has 0 aromatic carbocycles. The third kappa shape index (κ3) is 2.39. The summed E-state index contributed by atoms with van der Waals surface area (Å²) < 4.78 is 0. The van der Waals surface area contributed by atoms with Gasteiger partial charge in [-0.05, 0) is 7.05 Å². The summed E-state index contributed by atoms with van der Waals surface area (Å²) in [5.74, 6) is 0.636. The Hall–Kier alpha value is -1.93. The molecule has 0 bridgehead atoms.